The van der Waals surface area contributed by atoms with Gasteiger partial charge in [0.1, 0.15) is 17.7 Å². The van der Waals surface area contributed by atoms with Crippen LogP contribution in [0.25, 0.3) is 0 Å². The number of carbonyl (C=O) groups excluding carboxylic acids is 4. The van der Waals surface area contributed by atoms with E-state index in [1.165, 1.54) is 28.0 Å². The molecule has 3 heterocycles. The van der Waals surface area contributed by atoms with Crippen LogP contribution >= 0.6 is 23.1 Å². The molecule has 1 aromatic heterocycles. The van der Waals surface area contributed by atoms with Gasteiger partial charge in [0.25, 0.3) is 0 Å². The number of fused-ring (bicyclic) bond motifs is 1. The molecule has 3 atom stereocenters. The van der Waals surface area contributed by atoms with Crippen LogP contribution in [0.2, 0.25) is 0 Å². The molecule has 36 heavy (non-hydrogen) atoms. The number of esters is 1. The number of aldehydes is 1. The molecule has 9 heteroatoms. The summed E-state index contributed by atoms with van der Waals surface area (Å²) in [5.41, 5.74) is 1.69. The number of hydrogen-bond acceptors (Lipinski definition) is 7. The molecule has 0 bridgehead atoms. The molecule has 2 aliphatic heterocycles. The predicted octanol–water partition coefficient (Wildman–Crippen LogP) is 3.47. The number of thioether (sulfide) groups is 1. The second-order valence-electron chi connectivity index (χ2n) is 8.35. The van der Waals surface area contributed by atoms with E-state index in [-0.39, 0.29) is 17.9 Å². The molecule has 5 rings (SSSR count). The van der Waals surface area contributed by atoms with Crippen LogP contribution in [0.3, 0.4) is 0 Å². The predicted molar refractivity (Wildman–Crippen MR) is 137 cm³/mol. The zero-order chi connectivity index (χ0) is 25.1. The number of amides is 2. The van der Waals surface area contributed by atoms with E-state index in [1.807, 2.05) is 78.2 Å². The fourth-order valence-corrected chi connectivity index (χ4v) is 6.20. The molecular weight excluding hydrogens is 496 g/mol. The summed E-state index contributed by atoms with van der Waals surface area (Å²) in [6.45, 7) is 0. The van der Waals surface area contributed by atoms with Gasteiger partial charge in [-0.15, -0.1) is 23.1 Å². The summed E-state index contributed by atoms with van der Waals surface area (Å²) in [7, 11) is 0. The Morgan fingerprint density at radius 1 is 1.00 bits per heavy atom. The molecule has 1 fully saturated rings. The number of carbonyl (C=O) groups is 4. The van der Waals surface area contributed by atoms with E-state index in [0.29, 0.717) is 6.29 Å². The number of nitrogens with one attached hydrogen (secondary N) is 1. The van der Waals surface area contributed by atoms with Crippen molar-refractivity contribution in [1.29, 1.82) is 0 Å². The lowest BCUT2D eigenvalue weighted by molar-refractivity contribution is -0.165. The van der Waals surface area contributed by atoms with E-state index in [2.05, 4.69) is 5.32 Å². The molecule has 2 aliphatic rings. The Bertz CT molecular complexity index is 1250. The maximum atomic E-state index is 13.5. The standard InChI is InChI=1S/C27H22N2O5S2/c30-15-19-16-36-26-22(28-21(31)14-20-12-7-13-35-20)25(32)29(26)23(19)27(33)34-24(17-8-3-1-4-9-17)18-10-5-2-6-11-18/h1-13,15-16,22-24,26H,14H2,(H,28,31)/t22-,23?,26-/m1/s1. The highest BCUT2D eigenvalue weighted by Crippen LogP contribution is 2.40. The van der Waals surface area contributed by atoms with Gasteiger partial charge >= 0.3 is 5.97 Å². The number of ether oxygens (including phenoxy) is 1. The average molecular weight is 519 g/mol. The molecule has 0 radical (unpaired) electrons. The number of benzene rings is 2. The van der Waals surface area contributed by atoms with Crippen LogP contribution in [0, 0.1) is 0 Å². The Morgan fingerprint density at radius 2 is 1.67 bits per heavy atom. The van der Waals surface area contributed by atoms with Gasteiger partial charge in [-0.05, 0) is 28.0 Å². The van der Waals surface area contributed by atoms with Crippen LogP contribution in [0.15, 0.2) is 89.2 Å². The second-order valence-corrected chi connectivity index (χ2v) is 10.4. The maximum absolute atomic E-state index is 13.5. The van der Waals surface area contributed by atoms with Crippen LogP contribution < -0.4 is 5.32 Å². The molecule has 182 valence electrons. The number of thiophene rings is 1. The van der Waals surface area contributed by atoms with Crippen LogP contribution in [0.5, 0.6) is 0 Å². The fourth-order valence-electron chi connectivity index (χ4n) is 4.31. The first kappa shape index (κ1) is 24.0. The summed E-state index contributed by atoms with van der Waals surface area (Å²) < 4.78 is 5.95. The Hall–Kier alpha value is -3.69. The van der Waals surface area contributed by atoms with E-state index in [0.717, 1.165) is 16.0 Å². The molecule has 0 spiro atoms. The zero-order valence-corrected chi connectivity index (χ0v) is 20.6. The van der Waals surface area contributed by atoms with Crippen molar-refractivity contribution in [3.8, 4) is 0 Å². The van der Waals surface area contributed by atoms with Crippen LogP contribution in [-0.2, 0) is 30.3 Å². The van der Waals surface area contributed by atoms with Crippen molar-refractivity contribution in [3.05, 3.63) is 105 Å². The van der Waals surface area contributed by atoms with E-state index < -0.39 is 35.4 Å². The van der Waals surface area contributed by atoms with Crippen molar-refractivity contribution in [1.82, 2.24) is 10.2 Å². The molecular formula is C27H22N2O5S2. The van der Waals surface area contributed by atoms with Gasteiger partial charge in [0.05, 0.1) is 6.42 Å². The monoisotopic (exact) mass is 518 g/mol. The number of rotatable bonds is 8. The first-order chi connectivity index (χ1) is 17.6. The highest BCUT2D eigenvalue weighted by molar-refractivity contribution is 8.03. The summed E-state index contributed by atoms with van der Waals surface area (Å²) in [5.74, 6) is -1.39. The molecule has 2 amide bonds. The van der Waals surface area contributed by atoms with Gasteiger partial charge in [0, 0.05) is 10.5 Å². The maximum Gasteiger partial charge on any atom is 0.334 e. The molecule has 0 saturated carbocycles. The lowest BCUT2D eigenvalue weighted by Crippen LogP contribution is -2.74. The van der Waals surface area contributed by atoms with Gasteiger partial charge in [-0.1, -0.05) is 66.7 Å². The third kappa shape index (κ3) is 4.72. The molecule has 0 aliphatic carbocycles. The number of β-lactam (4-membered cyclic amide) rings is 1. The average Bonchev–Trinajstić information content (AvgIpc) is 3.43. The zero-order valence-electron chi connectivity index (χ0n) is 19.0. The van der Waals surface area contributed by atoms with Gasteiger partial charge in [-0.25, -0.2) is 4.79 Å². The Labute approximate surface area is 216 Å². The van der Waals surface area contributed by atoms with E-state index in [4.69, 9.17) is 4.74 Å². The number of nitrogens with zero attached hydrogens (tertiary/aromatic N) is 1. The minimum atomic E-state index is -1.18. The molecule has 1 saturated heterocycles. The fraction of sp³-hybridized carbons (Fsp3) is 0.185. The molecule has 1 unspecified atom stereocenters. The van der Waals surface area contributed by atoms with E-state index >= 15 is 0 Å². The summed E-state index contributed by atoms with van der Waals surface area (Å²) >= 11 is 2.70. The quantitative estimate of drug-likeness (QED) is 0.279. The first-order valence-electron chi connectivity index (χ1n) is 11.3. The van der Waals surface area contributed by atoms with Gasteiger partial charge in [0.2, 0.25) is 11.8 Å². The van der Waals surface area contributed by atoms with Crippen molar-refractivity contribution >= 4 is 47.2 Å². The summed E-state index contributed by atoms with van der Waals surface area (Å²) in [4.78, 5) is 53.1. The van der Waals surface area contributed by atoms with Crippen LogP contribution in [-0.4, -0.2) is 46.4 Å². The smallest absolute Gasteiger partial charge is 0.334 e. The normalized spacial score (nSPS) is 20.7. The SMILES string of the molecule is O=CC1=CS[C@@H]2[C@H](NC(=O)Cc3cccs3)C(=O)N2C1C(=O)OC(c1ccccc1)c1ccccc1. The Kier molecular flexibility index (Phi) is 7.02. The van der Waals surface area contributed by atoms with Crippen molar-refractivity contribution in [2.24, 2.45) is 0 Å². The highest BCUT2D eigenvalue weighted by Gasteiger charge is 2.56. The molecule has 1 N–H and O–H groups in total. The summed E-state index contributed by atoms with van der Waals surface area (Å²) in [6, 6.07) is 20.3. The van der Waals surface area contributed by atoms with Crippen molar-refractivity contribution in [2.45, 2.75) is 30.0 Å². The Morgan fingerprint density at radius 3 is 2.25 bits per heavy atom. The third-order valence-corrected chi connectivity index (χ3v) is 8.11. The van der Waals surface area contributed by atoms with Gasteiger partial charge < -0.3 is 15.0 Å². The summed E-state index contributed by atoms with van der Waals surface area (Å²) in [6.07, 6.45) is 0.0410. The van der Waals surface area contributed by atoms with E-state index in [9.17, 15) is 19.2 Å². The van der Waals surface area contributed by atoms with Gasteiger partial charge in [-0.2, -0.15) is 0 Å². The van der Waals surface area contributed by atoms with Crippen LogP contribution in [0.4, 0.5) is 0 Å². The second kappa shape index (κ2) is 10.5. The molecule has 3 aromatic rings. The van der Waals surface area contributed by atoms with Crippen molar-refractivity contribution in [2.75, 3.05) is 0 Å². The minimum Gasteiger partial charge on any atom is -0.451 e. The Balaban J connectivity index is 1.35. The van der Waals surface area contributed by atoms with Crippen molar-refractivity contribution < 1.29 is 23.9 Å². The highest BCUT2D eigenvalue weighted by atomic mass is 32.2. The largest absolute Gasteiger partial charge is 0.451 e. The van der Waals surface area contributed by atoms with Gasteiger partial charge in [0.15, 0.2) is 12.1 Å². The van der Waals surface area contributed by atoms with Crippen LogP contribution in [0.1, 0.15) is 22.1 Å². The molecule has 7 nitrogen and oxygen atoms in total. The van der Waals surface area contributed by atoms with Crippen molar-refractivity contribution in [3.63, 3.8) is 0 Å². The lowest BCUT2D eigenvalue weighted by atomic mass is 9.97. The lowest BCUT2D eigenvalue weighted by Gasteiger charge is -2.51. The van der Waals surface area contributed by atoms with Gasteiger partial charge in [-0.3, -0.25) is 14.4 Å². The minimum absolute atomic E-state index is 0.151. The molecule has 2 aromatic carbocycles. The number of hydrogen-bond donors (Lipinski definition) is 1. The topological polar surface area (TPSA) is 92.8 Å². The first-order valence-corrected chi connectivity index (χ1v) is 13.1. The third-order valence-electron chi connectivity index (χ3n) is 6.05. The van der Waals surface area contributed by atoms with E-state index in [1.54, 1.807) is 5.41 Å². The summed E-state index contributed by atoms with van der Waals surface area (Å²) in [5, 5.41) is 5.73.